The van der Waals surface area contributed by atoms with Crippen molar-refractivity contribution < 1.29 is 19.8 Å². The molecule has 0 bridgehead atoms. The Balaban J connectivity index is 3.36. The third kappa shape index (κ3) is 17.5. The number of hydrogen-bond donors (Lipinski definition) is 2. The van der Waals surface area contributed by atoms with Gasteiger partial charge in [0.15, 0.2) is 0 Å². The molecule has 0 aromatic heterocycles. The Hall–Kier alpha value is -1.32. The smallest absolute Gasteiger partial charge is 0.310 e. The maximum Gasteiger partial charge on any atom is 0.310 e. The van der Waals surface area contributed by atoms with Crippen molar-refractivity contribution in [1.82, 2.24) is 0 Å². The van der Waals surface area contributed by atoms with Crippen LogP contribution in [0.2, 0.25) is 0 Å². The van der Waals surface area contributed by atoms with Gasteiger partial charge in [-0.15, -0.1) is 0 Å². The summed E-state index contributed by atoms with van der Waals surface area (Å²) in [6, 6.07) is 0. The summed E-state index contributed by atoms with van der Waals surface area (Å²) >= 11 is 0. The van der Waals surface area contributed by atoms with Crippen molar-refractivity contribution >= 4 is 11.9 Å². The zero-order valence-electron chi connectivity index (χ0n) is 16.8. The van der Waals surface area contributed by atoms with Crippen LogP contribution in [-0.4, -0.2) is 22.2 Å². The molecule has 0 spiro atoms. The van der Waals surface area contributed by atoms with Gasteiger partial charge in [0.25, 0.3) is 0 Å². The van der Waals surface area contributed by atoms with Gasteiger partial charge in [0.05, 0.1) is 12.3 Å². The van der Waals surface area contributed by atoms with Crippen LogP contribution in [-0.2, 0) is 9.59 Å². The Morgan fingerprint density at radius 2 is 1.15 bits per heavy atom. The van der Waals surface area contributed by atoms with Crippen molar-refractivity contribution in [1.29, 1.82) is 0 Å². The predicted octanol–water partition coefficient (Wildman–Crippen LogP) is 6.59. The van der Waals surface area contributed by atoms with Gasteiger partial charge in [-0.25, -0.2) is 0 Å². The minimum absolute atomic E-state index is 0.343. The molecule has 152 valence electrons. The third-order valence-electron chi connectivity index (χ3n) is 4.80. The van der Waals surface area contributed by atoms with Crippen molar-refractivity contribution in [3.63, 3.8) is 0 Å². The summed E-state index contributed by atoms with van der Waals surface area (Å²) in [5, 5.41) is 17.6. The number of hydrogen-bond acceptors (Lipinski definition) is 2. The molecule has 0 heterocycles. The summed E-state index contributed by atoms with van der Waals surface area (Å²) < 4.78 is 0. The first-order chi connectivity index (χ1) is 12.6. The Labute approximate surface area is 160 Å². The molecule has 0 rings (SSSR count). The van der Waals surface area contributed by atoms with E-state index in [4.69, 9.17) is 10.2 Å². The van der Waals surface area contributed by atoms with Gasteiger partial charge in [-0.1, -0.05) is 103 Å². The number of aliphatic carboxylic acids is 2. The summed E-state index contributed by atoms with van der Waals surface area (Å²) in [6.45, 7) is 2.26. The Kier molecular flexibility index (Phi) is 17.5. The lowest BCUT2D eigenvalue weighted by Crippen LogP contribution is -2.15. The summed E-state index contributed by atoms with van der Waals surface area (Å²) in [7, 11) is 0. The van der Waals surface area contributed by atoms with E-state index < -0.39 is 17.9 Å². The van der Waals surface area contributed by atoms with Crippen LogP contribution >= 0.6 is 0 Å². The number of carbonyl (C=O) groups is 2. The average molecular weight is 369 g/mol. The van der Waals surface area contributed by atoms with E-state index in [9.17, 15) is 9.59 Å². The third-order valence-corrected chi connectivity index (χ3v) is 4.80. The topological polar surface area (TPSA) is 74.6 Å². The highest BCUT2D eigenvalue weighted by atomic mass is 16.4. The highest BCUT2D eigenvalue weighted by Gasteiger charge is 2.17. The van der Waals surface area contributed by atoms with Crippen molar-refractivity contribution in [3.05, 3.63) is 12.2 Å². The van der Waals surface area contributed by atoms with Gasteiger partial charge in [-0.05, 0) is 12.8 Å². The fraction of sp³-hybridized carbons (Fsp3) is 0.818. The highest BCUT2D eigenvalue weighted by Crippen LogP contribution is 2.14. The van der Waals surface area contributed by atoms with Crippen LogP contribution < -0.4 is 0 Å². The normalized spacial score (nSPS) is 12.5. The first-order valence-corrected chi connectivity index (χ1v) is 10.7. The van der Waals surface area contributed by atoms with Crippen molar-refractivity contribution in [2.75, 3.05) is 0 Å². The lowest BCUT2D eigenvalue weighted by atomic mass is 10.0. The molecule has 0 saturated heterocycles. The second-order valence-corrected chi connectivity index (χ2v) is 7.36. The highest BCUT2D eigenvalue weighted by molar-refractivity contribution is 5.79. The summed E-state index contributed by atoms with van der Waals surface area (Å²) in [5.74, 6) is -3.04. The fourth-order valence-corrected chi connectivity index (χ4v) is 3.14. The largest absolute Gasteiger partial charge is 0.481 e. The number of unbranched alkanes of at least 4 members (excludes halogenated alkanes) is 14. The molecule has 4 heteroatoms. The molecule has 26 heavy (non-hydrogen) atoms. The Morgan fingerprint density at radius 3 is 1.54 bits per heavy atom. The van der Waals surface area contributed by atoms with Crippen LogP contribution in [0.1, 0.15) is 110 Å². The molecule has 0 aliphatic heterocycles. The number of carboxylic acids is 2. The summed E-state index contributed by atoms with van der Waals surface area (Å²) in [4.78, 5) is 21.5. The maximum absolute atomic E-state index is 10.9. The van der Waals surface area contributed by atoms with Crippen molar-refractivity contribution in [2.45, 2.75) is 110 Å². The molecule has 0 fully saturated rings. The van der Waals surface area contributed by atoms with E-state index in [1.54, 1.807) is 0 Å². The molecular weight excluding hydrogens is 328 g/mol. The molecule has 0 aliphatic rings. The SMILES string of the molecule is CCCCCCCCCCCCCCCC/C=C/[C@H](CC(=O)O)C(=O)O. The molecule has 2 N–H and O–H groups in total. The monoisotopic (exact) mass is 368 g/mol. The molecule has 0 aromatic carbocycles. The second kappa shape index (κ2) is 18.5. The van der Waals surface area contributed by atoms with Crippen LogP contribution in [0.4, 0.5) is 0 Å². The van der Waals surface area contributed by atoms with Crippen molar-refractivity contribution in [2.24, 2.45) is 5.92 Å². The van der Waals surface area contributed by atoms with Crippen molar-refractivity contribution in [3.8, 4) is 0 Å². The molecule has 1 atom stereocenters. The van der Waals surface area contributed by atoms with E-state index in [-0.39, 0.29) is 6.42 Å². The zero-order valence-corrected chi connectivity index (χ0v) is 16.8. The van der Waals surface area contributed by atoms with Crippen LogP contribution in [0.5, 0.6) is 0 Å². The van der Waals surface area contributed by atoms with Gasteiger partial charge in [0, 0.05) is 0 Å². The number of rotatable bonds is 19. The first-order valence-electron chi connectivity index (χ1n) is 10.7. The standard InChI is InChI=1S/C22H40O4/c1-2-3-4-5-6-7-8-9-10-11-12-13-14-15-16-17-18-20(22(25)26)19-21(23)24/h17-18,20H,2-16,19H2,1H3,(H,23,24)(H,25,26)/b18-17+/t20-/m1/s1. The van der Waals surface area contributed by atoms with Crippen LogP contribution in [0, 0.1) is 5.92 Å². The lowest BCUT2D eigenvalue weighted by molar-refractivity contribution is -0.146. The lowest BCUT2D eigenvalue weighted by Gasteiger charge is -2.04. The fourth-order valence-electron chi connectivity index (χ4n) is 3.14. The van der Waals surface area contributed by atoms with Gasteiger partial charge in [0.1, 0.15) is 0 Å². The van der Waals surface area contributed by atoms with Crippen LogP contribution in [0.15, 0.2) is 12.2 Å². The first kappa shape index (κ1) is 24.7. The Bertz CT molecular complexity index is 376. The molecule has 0 saturated carbocycles. The van der Waals surface area contributed by atoms with E-state index in [1.807, 2.05) is 6.08 Å². The number of carboxylic acid groups (broad SMARTS) is 2. The van der Waals surface area contributed by atoms with E-state index in [0.29, 0.717) is 0 Å². The Morgan fingerprint density at radius 1 is 0.731 bits per heavy atom. The average Bonchev–Trinajstić information content (AvgIpc) is 2.59. The molecule has 0 aromatic rings. The second-order valence-electron chi connectivity index (χ2n) is 7.36. The predicted molar refractivity (Wildman–Crippen MR) is 107 cm³/mol. The van der Waals surface area contributed by atoms with Crippen LogP contribution in [0.25, 0.3) is 0 Å². The summed E-state index contributed by atoms with van der Waals surface area (Å²) in [5.41, 5.74) is 0. The van der Waals surface area contributed by atoms with E-state index in [2.05, 4.69) is 6.92 Å². The minimum atomic E-state index is -1.07. The molecule has 0 unspecified atom stereocenters. The quantitative estimate of drug-likeness (QED) is 0.199. The molecule has 0 aliphatic carbocycles. The molecule has 0 amide bonds. The zero-order chi connectivity index (χ0) is 19.5. The minimum Gasteiger partial charge on any atom is -0.481 e. The maximum atomic E-state index is 10.9. The van der Waals surface area contributed by atoms with E-state index in [1.165, 1.54) is 89.5 Å². The summed E-state index contributed by atoms with van der Waals surface area (Å²) in [6.07, 6.45) is 22.3. The van der Waals surface area contributed by atoms with Gasteiger partial charge < -0.3 is 10.2 Å². The van der Waals surface area contributed by atoms with E-state index >= 15 is 0 Å². The molecular formula is C22H40O4. The van der Waals surface area contributed by atoms with Gasteiger partial charge in [0.2, 0.25) is 0 Å². The van der Waals surface area contributed by atoms with Gasteiger partial charge in [-0.2, -0.15) is 0 Å². The van der Waals surface area contributed by atoms with Crippen LogP contribution in [0.3, 0.4) is 0 Å². The van der Waals surface area contributed by atoms with Gasteiger partial charge in [-0.3, -0.25) is 9.59 Å². The molecule has 0 radical (unpaired) electrons. The van der Waals surface area contributed by atoms with E-state index in [0.717, 1.165) is 12.8 Å². The number of allylic oxidation sites excluding steroid dienone is 1. The molecule has 4 nitrogen and oxygen atoms in total. The van der Waals surface area contributed by atoms with Gasteiger partial charge >= 0.3 is 11.9 Å².